The molecule has 1 saturated heterocycles. The molecule has 1 amide bonds. The zero-order chi connectivity index (χ0) is 14.7. The molecule has 0 aliphatic carbocycles. The van der Waals surface area contributed by atoms with Crippen molar-refractivity contribution in [2.24, 2.45) is 11.7 Å². The van der Waals surface area contributed by atoms with Gasteiger partial charge in [-0.25, -0.2) is 0 Å². The smallest absolute Gasteiger partial charge is 0.239 e. The molecule has 1 aliphatic rings. The molecule has 6 nitrogen and oxygen atoms in total. The van der Waals surface area contributed by atoms with Gasteiger partial charge in [-0.15, -0.1) is 12.4 Å². The van der Waals surface area contributed by atoms with Crippen molar-refractivity contribution in [3.05, 3.63) is 18.0 Å². The van der Waals surface area contributed by atoms with Crippen molar-refractivity contribution >= 4 is 18.3 Å². The van der Waals surface area contributed by atoms with Crippen LogP contribution in [-0.4, -0.2) is 52.4 Å². The summed E-state index contributed by atoms with van der Waals surface area (Å²) in [5.41, 5.74) is 7.06. The summed E-state index contributed by atoms with van der Waals surface area (Å²) in [5.74, 6) is 0.169. The van der Waals surface area contributed by atoms with Gasteiger partial charge in [0.05, 0.1) is 31.5 Å². The monoisotopic (exact) mass is 316 g/mol. The number of ether oxygens (including phenoxy) is 1. The number of nitrogens with two attached hydrogens (primary N) is 1. The quantitative estimate of drug-likeness (QED) is 0.892. The van der Waals surface area contributed by atoms with E-state index in [1.165, 1.54) is 0 Å². The maximum Gasteiger partial charge on any atom is 0.239 e. The van der Waals surface area contributed by atoms with E-state index in [-0.39, 0.29) is 30.3 Å². The summed E-state index contributed by atoms with van der Waals surface area (Å²) in [6, 6.07) is -0.430. The third-order valence-corrected chi connectivity index (χ3v) is 3.61. The number of carbonyl (C=O) groups excluding carboxylic acids is 1. The number of hydrogen-bond donors (Lipinski definition) is 1. The van der Waals surface area contributed by atoms with Crippen LogP contribution < -0.4 is 5.73 Å². The second-order valence-electron chi connectivity index (χ2n) is 5.79. The molecule has 7 heteroatoms. The predicted molar refractivity (Wildman–Crippen MR) is 83.3 cm³/mol. The number of rotatable bonds is 4. The van der Waals surface area contributed by atoms with Crippen molar-refractivity contribution in [3.8, 4) is 0 Å². The van der Waals surface area contributed by atoms with Gasteiger partial charge in [0, 0.05) is 19.3 Å². The number of aromatic nitrogens is 2. The van der Waals surface area contributed by atoms with Gasteiger partial charge in [0.2, 0.25) is 5.91 Å². The summed E-state index contributed by atoms with van der Waals surface area (Å²) in [7, 11) is 0. The van der Waals surface area contributed by atoms with E-state index in [0.29, 0.717) is 26.2 Å². The van der Waals surface area contributed by atoms with Gasteiger partial charge in [-0.2, -0.15) is 5.10 Å². The molecule has 0 spiro atoms. The highest BCUT2D eigenvalue weighted by Gasteiger charge is 2.29. The first kappa shape index (κ1) is 17.9. The summed E-state index contributed by atoms with van der Waals surface area (Å²) in [4.78, 5) is 14.1. The minimum absolute atomic E-state index is 0. The zero-order valence-electron chi connectivity index (χ0n) is 12.9. The number of halogens is 1. The standard InChI is InChI=1S/C14H24N4O2.ClH/c1-10(2)13(15)14(19)17-4-5-20-12(8-17)9-18-7-11(3)6-16-18;/h6-7,10,12-13H,4-5,8-9,15H2,1-3H3;1H/t12?,13-;/m0./s1. The summed E-state index contributed by atoms with van der Waals surface area (Å²) >= 11 is 0. The molecule has 1 aromatic rings. The van der Waals surface area contributed by atoms with Crippen molar-refractivity contribution in [2.45, 2.75) is 39.5 Å². The molecule has 1 fully saturated rings. The van der Waals surface area contributed by atoms with Gasteiger partial charge in [0.15, 0.2) is 0 Å². The Labute approximate surface area is 132 Å². The minimum Gasteiger partial charge on any atom is -0.373 e. The molecule has 2 rings (SSSR count). The maximum absolute atomic E-state index is 12.3. The normalized spacial score (nSPS) is 20.2. The van der Waals surface area contributed by atoms with Crippen molar-refractivity contribution in [3.63, 3.8) is 0 Å². The highest BCUT2D eigenvalue weighted by molar-refractivity contribution is 5.85. The summed E-state index contributed by atoms with van der Waals surface area (Å²) in [5, 5.41) is 4.25. The van der Waals surface area contributed by atoms with E-state index in [9.17, 15) is 4.79 Å². The molecule has 21 heavy (non-hydrogen) atoms. The number of carbonyl (C=O) groups is 1. The lowest BCUT2D eigenvalue weighted by Gasteiger charge is -2.35. The third kappa shape index (κ3) is 4.69. The highest BCUT2D eigenvalue weighted by Crippen LogP contribution is 2.11. The number of morpholine rings is 1. The average molecular weight is 317 g/mol. The maximum atomic E-state index is 12.3. The molecule has 0 aromatic carbocycles. The van der Waals surface area contributed by atoms with Gasteiger partial charge < -0.3 is 15.4 Å². The van der Waals surface area contributed by atoms with Crippen LogP contribution in [0.3, 0.4) is 0 Å². The minimum atomic E-state index is -0.430. The van der Waals surface area contributed by atoms with E-state index < -0.39 is 6.04 Å². The average Bonchev–Trinajstić information content (AvgIpc) is 2.82. The second kappa shape index (κ2) is 7.77. The fourth-order valence-electron chi connectivity index (χ4n) is 2.30. The van der Waals surface area contributed by atoms with Crippen LogP contribution in [0.2, 0.25) is 0 Å². The van der Waals surface area contributed by atoms with Crippen molar-refractivity contribution in [2.75, 3.05) is 19.7 Å². The van der Waals surface area contributed by atoms with E-state index in [1.54, 1.807) is 0 Å². The lowest BCUT2D eigenvalue weighted by atomic mass is 10.0. The summed E-state index contributed by atoms with van der Waals surface area (Å²) in [6.07, 6.45) is 3.77. The van der Waals surface area contributed by atoms with E-state index in [4.69, 9.17) is 10.5 Å². The molecule has 2 atom stereocenters. The molecular weight excluding hydrogens is 292 g/mol. The van der Waals surface area contributed by atoms with Crippen LogP contribution in [0.1, 0.15) is 19.4 Å². The molecule has 2 N–H and O–H groups in total. The number of amides is 1. The first-order valence-corrected chi connectivity index (χ1v) is 7.12. The van der Waals surface area contributed by atoms with Crippen molar-refractivity contribution in [1.29, 1.82) is 0 Å². The van der Waals surface area contributed by atoms with Crippen LogP contribution in [0.5, 0.6) is 0 Å². The van der Waals surface area contributed by atoms with E-state index in [1.807, 2.05) is 42.7 Å². The van der Waals surface area contributed by atoms with Crippen LogP contribution in [-0.2, 0) is 16.1 Å². The third-order valence-electron chi connectivity index (χ3n) is 3.61. The van der Waals surface area contributed by atoms with Crippen LogP contribution in [0, 0.1) is 12.8 Å². The van der Waals surface area contributed by atoms with Crippen LogP contribution in [0.15, 0.2) is 12.4 Å². The van der Waals surface area contributed by atoms with E-state index in [2.05, 4.69) is 5.10 Å². The Hall–Kier alpha value is -1.11. The molecule has 1 aliphatic heterocycles. The van der Waals surface area contributed by atoms with E-state index in [0.717, 1.165) is 5.56 Å². The van der Waals surface area contributed by atoms with E-state index >= 15 is 0 Å². The molecule has 1 unspecified atom stereocenters. The van der Waals surface area contributed by atoms with Gasteiger partial charge in [0.1, 0.15) is 0 Å². The first-order chi connectivity index (χ1) is 9.47. The highest BCUT2D eigenvalue weighted by atomic mass is 35.5. The Kier molecular flexibility index (Phi) is 6.64. The lowest BCUT2D eigenvalue weighted by molar-refractivity contribution is -0.141. The van der Waals surface area contributed by atoms with Crippen LogP contribution in [0.25, 0.3) is 0 Å². The second-order valence-corrected chi connectivity index (χ2v) is 5.79. The lowest BCUT2D eigenvalue weighted by Crippen LogP contribution is -2.53. The Morgan fingerprint density at radius 1 is 1.57 bits per heavy atom. The molecule has 0 bridgehead atoms. The largest absolute Gasteiger partial charge is 0.373 e. The van der Waals surface area contributed by atoms with Crippen LogP contribution >= 0.6 is 12.4 Å². The zero-order valence-corrected chi connectivity index (χ0v) is 13.7. The predicted octanol–water partition coefficient (Wildman–Crippen LogP) is 0.824. The molecule has 2 heterocycles. The molecule has 1 aromatic heterocycles. The summed E-state index contributed by atoms with van der Waals surface area (Å²) < 4.78 is 7.57. The molecule has 0 radical (unpaired) electrons. The fourth-order valence-corrected chi connectivity index (χ4v) is 2.30. The molecule has 0 saturated carbocycles. The molecular formula is C14H25ClN4O2. The number of aryl methyl sites for hydroxylation is 1. The number of hydrogen-bond acceptors (Lipinski definition) is 4. The van der Waals surface area contributed by atoms with Crippen molar-refractivity contribution in [1.82, 2.24) is 14.7 Å². The fraction of sp³-hybridized carbons (Fsp3) is 0.714. The van der Waals surface area contributed by atoms with Gasteiger partial charge in [-0.05, 0) is 18.4 Å². The van der Waals surface area contributed by atoms with Gasteiger partial charge in [-0.3, -0.25) is 9.48 Å². The topological polar surface area (TPSA) is 73.4 Å². The SMILES string of the molecule is Cc1cnn(CC2CN(C(=O)[C@@H](N)C(C)C)CCO2)c1.Cl. The Morgan fingerprint density at radius 3 is 2.86 bits per heavy atom. The van der Waals surface area contributed by atoms with Crippen LogP contribution in [0.4, 0.5) is 0 Å². The van der Waals surface area contributed by atoms with Gasteiger partial charge in [0.25, 0.3) is 0 Å². The Balaban J connectivity index is 0.00000220. The first-order valence-electron chi connectivity index (χ1n) is 7.12. The van der Waals surface area contributed by atoms with Crippen molar-refractivity contribution < 1.29 is 9.53 Å². The van der Waals surface area contributed by atoms with Gasteiger partial charge in [-0.1, -0.05) is 13.8 Å². The Morgan fingerprint density at radius 2 is 2.29 bits per heavy atom. The summed E-state index contributed by atoms with van der Waals surface area (Å²) in [6.45, 7) is 8.35. The van der Waals surface area contributed by atoms with Gasteiger partial charge >= 0.3 is 0 Å². The number of nitrogens with zero attached hydrogens (tertiary/aromatic N) is 3. The Bertz CT molecular complexity index is 464. The molecule has 120 valence electrons.